The summed E-state index contributed by atoms with van der Waals surface area (Å²) in [6.45, 7) is -0.427. The van der Waals surface area contributed by atoms with Crippen LogP contribution >= 0.6 is 0 Å². The number of para-hydroxylation sites is 2. The molecule has 0 unspecified atom stereocenters. The number of aromatic nitrogens is 1. The number of amides is 2. The zero-order valence-corrected chi connectivity index (χ0v) is 22.9. The van der Waals surface area contributed by atoms with Crippen molar-refractivity contribution in [1.29, 1.82) is 0 Å². The number of carbonyl (C=O) groups is 2. The van der Waals surface area contributed by atoms with Crippen molar-refractivity contribution in [3.05, 3.63) is 117 Å². The topological polar surface area (TPSA) is 154 Å². The Kier molecular flexibility index (Phi) is 8.38. The maximum Gasteiger partial charge on any atom is 0.271 e. The molecule has 0 aliphatic carbocycles. The molecule has 0 saturated heterocycles. The summed E-state index contributed by atoms with van der Waals surface area (Å²) in [6.07, 6.45) is 1.43. The van der Waals surface area contributed by atoms with Crippen molar-refractivity contribution in [2.45, 2.75) is 6.54 Å². The zero-order valence-electron chi connectivity index (χ0n) is 22.9. The molecule has 5 aromatic rings. The number of rotatable bonds is 10. The number of hydrazone groups is 1. The highest BCUT2D eigenvalue weighted by Gasteiger charge is 2.13. The largest absolute Gasteiger partial charge is 0.493 e. The number of nitrogens with zero attached hydrogens (tertiary/aromatic N) is 3. The molecule has 216 valence electrons. The van der Waals surface area contributed by atoms with Crippen LogP contribution in [-0.4, -0.2) is 41.2 Å². The van der Waals surface area contributed by atoms with Gasteiger partial charge in [0.25, 0.3) is 17.5 Å². The van der Waals surface area contributed by atoms with Gasteiger partial charge >= 0.3 is 0 Å². The summed E-state index contributed by atoms with van der Waals surface area (Å²) in [5.41, 5.74) is 4.42. The molecule has 0 spiro atoms. The monoisotopic (exact) mass is 579 g/mol. The molecule has 0 aliphatic rings. The van der Waals surface area contributed by atoms with Crippen LogP contribution in [0.25, 0.3) is 21.8 Å². The van der Waals surface area contributed by atoms with E-state index < -0.39 is 16.7 Å². The fraction of sp³-hybridized carbons (Fsp3) is 0.0968. The highest BCUT2D eigenvalue weighted by atomic mass is 16.6. The van der Waals surface area contributed by atoms with Crippen molar-refractivity contribution in [3.63, 3.8) is 0 Å². The standard InChI is InChI=1S/C31H25N5O7/c1-42-28-15-20(13-14-27(28)43-19-30(38)33-21-7-6-8-22(16-21)36(40)41)17-32-34-29(37)18-35-25-11-4-2-9-23(25)31(39)24-10-3-5-12-26(24)35/h2-17H,18-19H2,1H3,(H,33,38)(H,34,37)/b32-17+. The summed E-state index contributed by atoms with van der Waals surface area (Å²) in [6, 6.07) is 24.7. The maximum atomic E-state index is 12.9. The third-order valence-electron chi connectivity index (χ3n) is 6.47. The fourth-order valence-electron chi connectivity index (χ4n) is 4.53. The van der Waals surface area contributed by atoms with Gasteiger partial charge in [0, 0.05) is 28.6 Å². The molecule has 43 heavy (non-hydrogen) atoms. The average Bonchev–Trinajstić information content (AvgIpc) is 3.02. The van der Waals surface area contributed by atoms with Gasteiger partial charge < -0.3 is 19.4 Å². The lowest BCUT2D eigenvalue weighted by Crippen LogP contribution is -2.25. The third-order valence-corrected chi connectivity index (χ3v) is 6.47. The predicted molar refractivity (Wildman–Crippen MR) is 162 cm³/mol. The number of nitrogens with one attached hydrogen (secondary N) is 2. The molecule has 0 atom stereocenters. The van der Waals surface area contributed by atoms with Gasteiger partial charge in [-0.3, -0.25) is 24.5 Å². The van der Waals surface area contributed by atoms with Crippen molar-refractivity contribution in [2.24, 2.45) is 5.10 Å². The van der Waals surface area contributed by atoms with Gasteiger partial charge in [0.05, 0.1) is 29.3 Å². The molecule has 1 heterocycles. The summed E-state index contributed by atoms with van der Waals surface area (Å²) in [5.74, 6) is -0.296. The second-order valence-corrected chi connectivity index (χ2v) is 9.30. The molecular formula is C31H25N5O7. The summed E-state index contributed by atoms with van der Waals surface area (Å²) in [7, 11) is 1.44. The molecule has 2 amide bonds. The minimum atomic E-state index is -0.552. The molecule has 0 bridgehead atoms. The maximum absolute atomic E-state index is 12.9. The van der Waals surface area contributed by atoms with E-state index in [2.05, 4.69) is 15.8 Å². The van der Waals surface area contributed by atoms with Crippen LogP contribution in [0.2, 0.25) is 0 Å². The van der Waals surface area contributed by atoms with Crippen molar-refractivity contribution in [3.8, 4) is 11.5 Å². The second-order valence-electron chi connectivity index (χ2n) is 9.30. The number of anilines is 1. The fourth-order valence-corrected chi connectivity index (χ4v) is 4.53. The van der Waals surface area contributed by atoms with Gasteiger partial charge in [0.15, 0.2) is 23.5 Å². The number of hydrogen-bond acceptors (Lipinski definition) is 8. The molecular weight excluding hydrogens is 554 g/mol. The Balaban J connectivity index is 1.22. The van der Waals surface area contributed by atoms with Gasteiger partial charge in [-0.15, -0.1) is 0 Å². The van der Waals surface area contributed by atoms with E-state index in [0.29, 0.717) is 33.1 Å². The van der Waals surface area contributed by atoms with Gasteiger partial charge in [0.1, 0.15) is 6.54 Å². The van der Waals surface area contributed by atoms with Crippen LogP contribution in [0.5, 0.6) is 11.5 Å². The molecule has 4 aromatic carbocycles. The summed E-state index contributed by atoms with van der Waals surface area (Å²) in [5, 5.41) is 18.6. The van der Waals surface area contributed by atoms with E-state index in [1.54, 1.807) is 59.2 Å². The summed E-state index contributed by atoms with van der Waals surface area (Å²) < 4.78 is 12.7. The van der Waals surface area contributed by atoms with E-state index >= 15 is 0 Å². The molecule has 0 saturated carbocycles. The predicted octanol–water partition coefficient (Wildman–Crippen LogP) is 4.24. The SMILES string of the molecule is COc1cc(/C=N/NC(=O)Cn2c3ccccc3c(=O)c3ccccc32)ccc1OCC(=O)Nc1cccc([N+](=O)[O-])c1. The molecule has 0 fully saturated rings. The Labute approximate surface area is 244 Å². The van der Waals surface area contributed by atoms with Crippen molar-refractivity contribution in [1.82, 2.24) is 9.99 Å². The number of benzene rings is 4. The third kappa shape index (κ3) is 6.49. The number of nitro groups is 1. The van der Waals surface area contributed by atoms with Gasteiger partial charge in [-0.1, -0.05) is 30.3 Å². The normalized spacial score (nSPS) is 11.0. The van der Waals surface area contributed by atoms with Crippen LogP contribution in [0.15, 0.2) is 101 Å². The number of methoxy groups -OCH3 is 1. The highest BCUT2D eigenvalue weighted by molar-refractivity contribution is 5.95. The summed E-state index contributed by atoms with van der Waals surface area (Å²) >= 11 is 0. The van der Waals surface area contributed by atoms with E-state index in [0.717, 1.165) is 0 Å². The Morgan fingerprint density at radius 1 is 0.907 bits per heavy atom. The Morgan fingerprint density at radius 2 is 1.60 bits per heavy atom. The van der Waals surface area contributed by atoms with Crippen LogP contribution in [0.4, 0.5) is 11.4 Å². The molecule has 0 radical (unpaired) electrons. The van der Waals surface area contributed by atoms with Gasteiger partial charge in [-0.25, -0.2) is 5.43 Å². The first-order valence-electron chi connectivity index (χ1n) is 13.0. The number of nitro benzene ring substituents is 1. The van der Waals surface area contributed by atoms with Crippen molar-refractivity contribution in [2.75, 3.05) is 19.0 Å². The van der Waals surface area contributed by atoms with E-state index in [-0.39, 0.29) is 35.7 Å². The van der Waals surface area contributed by atoms with Gasteiger partial charge in [0.2, 0.25) is 0 Å². The lowest BCUT2D eigenvalue weighted by Gasteiger charge is -2.14. The first-order valence-corrected chi connectivity index (χ1v) is 13.0. The summed E-state index contributed by atoms with van der Waals surface area (Å²) in [4.78, 5) is 48.4. The zero-order chi connectivity index (χ0) is 30.3. The van der Waals surface area contributed by atoms with Crippen LogP contribution in [0, 0.1) is 10.1 Å². The van der Waals surface area contributed by atoms with Crippen LogP contribution < -0.4 is 25.6 Å². The van der Waals surface area contributed by atoms with E-state index in [1.807, 2.05) is 12.1 Å². The number of pyridine rings is 1. The van der Waals surface area contributed by atoms with Crippen molar-refractivity contribution < 1.29 is 24.0 Å². The molecule has 0 aliphatic heterocycles. The number of ether oxygens (including phenoxy) is 2. The highest BCUT2D eigenvalue weighted by Crippen LogP contribution is 2.28. The molecule has 5 rings (SSSR count). The smallest absolute Gasteiger partial charge is 0.271 e. The Morgan fingerprint density at radius 3 is 2.28 bits per heavy atom. The minimum Gasteiger partial charge on any atom is -0.493 e. The lowest BCUT2D eigenvalue weighted by atomic mass is 10.1. The van der Waals surface area contributed by atoms with E-state index in [9.17, 15) is 24.5 Å². The molecule has 12 heteroatoms. The molecule has 1 aromatic heterocycles. The number of hydrogen-bond donors (Lipinski definition) is 2. The number of non-ortho nitro benzene ring substituents is 1. The first-order chi connectivity index (χ1) is 20.8. The average molecular weight is 580 g/mol. The Hall–Kier alpha value is -6.04. The molecule has 2 N–H and O–H groups in total. The van der Waals surface area contributed by atoms with Crippen LogP contribution in [0.1, 0.15) is 5.56 Å². The Bertz CT molecular complexity index is 1890. The molecule has 12 nitrogen and oxygen atoms in total. The van der Waals surface area contributed by atoms with Gasteiger partial charge in [-0.2, -0.15) is 5.10 Å². The van der Waals surface area contributed by atoms with Crippen LogP contribution in [0.3, 0.4) is 0 Å². The second kappa shape index (κ2) is 12.6. The lowest BCUT2D eigenvalue weighted by molar-refractivity contribution is -0.384. The first kappa shape index (κ1) is 28.5. The van der Waals surface area contributed by atoms with E-state index in [4.69, 9.17) is 9.47 Å². The number of fused-ring (bicyclic) bond motifs is 2. The number of carbonyl (C=O) groups excluding carboxylic acids is 2. The van der Waals surface area contributed by atoms with Gasteiger partial charge in [-0.05, 0) is 54.1 Å². The minimum absolute atomic E-state index is 0.0624. The van der Waals surface area contributed by atoms with Crippen LogP contribution in [-0.2, 0) is 16.1 Å². The quantitative estimate of drug-likeness (QED) is 0.109. The van der Waals surface area contributed by atoms with E-state index in [1.165, 1.54) is 37.6 Å². The van der Waals surface area contributed by atoms with Crippen molar-refractivity contribution >= 4 is 51.2 Å².